The number of carboxylic acid groups (broad SMARTS) is 2. The van der Waals surface area contributed by atoms with Gasteiger partial charge in [-0.15, -0.1) is 0 Å². The van der Waals surface area contributed by atoms with Crippen molar-refractivity contribution in [2.75, 3.05) is 6.61 Å². The van der Waals surface area contributed by atoms with E-state index in [9.17, 15) is 34.2 Å². The zero-order valence-corrected chi connectivity index (χ0v) is 21.4. The number of amides is 3. The maximum Gasteiger partial charge on any atom is 0.326 e. The summed E-state index contributed by atoms with van der Waals surface area (Å²) in [5.41, 5.74) is 7.73. The maximum atomic E-state index is 13.3. The molecule has 0 aliphatic rings. The van der Waals surface area contributed by atoms with Crippen molar-refractivity contribution in [2.45, 2.75) is 43.4 Å². The van der Waals surface area contributed by atoms with Gasteiger partial charge in [0.05, 0.1) is 19.1 Å². The van der Waals surface area contributed by atoms with Gasteiger partial charge in [0.2, 0.25) is 17.7 Å². The first-order chi connectivity index (χ1) is 19.1. The lowest BCUT2D eigenvalue weighted by Gasteiger charge is -2.24. The molecule has 9 N–H and O–H groups in total. The number of aliphatic hydroxyl groups excluding tert-OH is 1. The highest BCUT2D eigenvalue weighted by Crippen LogP contribution is 2.19. The van der Waals surface area contributed by atoms with E-state index in [0.29, 0.717) is 11.1 Å². The Morgan fingerprint density at radius 2 is 1.38 bits per heavy atom. The Balaban J connectivity index is 1.76. The van der Waals surface area contributed by atoms with Crippen molar-refractivity contribution in [2.24, 2.45) is 5.73 Å². The number of hydrogen-bond acceptors (Lipinski definition) is 7. The quantitative estimate of drug-likeness (QED) is 0.126. The summed E-state index contributed by atoms with van der Waals surface area (Å²) in [5, 5.41) is 36.2. The minimum absolute atomic E-state index is 0.0330. The van der Waals surface area contributed by atoms with Crippen molar-refractivity contribution in [3.63, 3.8) is 0 Å². The first-order valence-electron chi connectivity index (χ1n) is 12.4. The lowest BCUT2D eigenvalue weighted by atomic mass is 10.0. The summed E-state index contributed by atoms with van der Waals surface area (Å²) in [7, 11) is 0. The molecule has 4 atom stereocenters. The Hall–Kier alpha value is -4.75. The van der Waals surface area contributed by atoms with Crippen molar-refractivity contribution in [3.8, 4) is 0 Å². The van der Waals surface area contributed by atoms with E-state index in [0.717, 1.165) is 10.9 Å². The second-order valence-corrected chi connectivity index (χ2v) is 9.16. The van der Waals surface area contributed by atoms with Crippen LogP contribution < -0.4 is 21.7 Å². The van der Waals surface area contributed by atoms with Crippen LogP contribution in [0.2, 0.25) is 0 Å². The molecule has 1 heterocycles. The molecule has 0 aliphatic carbocycles. The number of nitrogens with one attached hydrogen (secondary N) is 4. The van der Waals surface area contributed by atoms with Gasteiger partial charge in [0.1, 0.15) is 18.1 Å². The Labute approximate surface area is 228 Å². The van der Waals surface area contributed by atoms with Crippen molar-refractivity contribution < 1.29 is 39.3 Å². The molecule has 0 saturated heterocycles. The van der Waals surface area contributed by atoms with Gasteiger partial charge in [-0.3, -0.25) is 19.2 Å². The Bertz CT molecular complexity index is 1360. The standard InChI is InChI=1S/C27H31N5O8/c28-18(12-23(34)35)24(36)30-20(11-16-13-29-19-9-5-4-8-17(16)19)25(37)32-22(14-33)26(38)31-21(27(39)40)10-15-6-2-1-3-7-15/h1-9,13,18,20-22,29,33H,10-12,14,28H2,(H,30,36)(H,31,38)(H,32,37)(H,34,35)(H,39,40). The van der Waals surface area contributed by atoms with Crippen LogP contribution in [0.3, 0.4) is 0 Å². The van der Waals surface area contributed by atoms with Crippen LogP contribution in [0.5, 0.6) is 0 Å². The number of carboxylic acids is 2. The minimum Gasteiger partial charge on any atom is -0.481 e. The molecule has 40 heavy (non-hydrogen) atoms. The van der Waals surface area contributed by atoms with Gasteiger partial charge in [-0.05, 0) is 17.2 Å². The van der Waals surface area contributed by atoms with Crippen LogP contribution in [0.1, 0.15) is 17.5 Å². The van der Waals surface area contributed by atoms with Gasteiger partial charge in [-0.2, -0.15) is 0 Å². The van der Waals surface area contributed by atoms with Crippen LogP contribution in [0.4, 0.5) is 0 Å². The number of benzene rings is 2. The van der Waals surface area contributed by atoms with Gasteiger partial charge >= 0.3 is 11.9 Å². The van der Waals surface area contributed by atoms with Gasteiger partial charge in [0.15, 0.2) is 0 Å². The fourth-order valence-corrected chi connectivity index (χ4v) is 4.08. The van der Waals surface area contributed by atoms with Gasteiger partial charge in [-0.1, -0.05) is 48.5 Å². The highest BCUT2D eigenvalue weighted by Gasteiger charge is 2.31. The summed E-state index contributed by atoms with van der Waals surface area (Å²) in [6.07, 6.45) is 0.875. The number of aliphatic carboxylic acids is 2. The van der Waals surface area contributed by atoms with E-state index >= 15 is 0 Å². The molecule has 1 aromatic heterocycles. The molecule has 2 aromatic carbocycles. The van der Waals surface area contributed by atoms with E-state index in [1.807, 2.05) is 12.1 Å². The fraction of sp³-hybridized carbons (Fsp3) is 0.296. The van der Waals surface area contributed by atoms with Crippen molar-refractivity contribution in [3.05, 3.63) is 71.9 Å². The topological polar surface area (TPSA) is 224 Å². The van der Waals surface area contributed by atoms with Crippen molar-refractivity contribution in [1.29, 1.82) is 0 Å². The lowest BCUT2D eigenvalue weighted by Crippen LogP contribution is -2.58. The summed E-state index contributed by atoms with van der Waals surface area (Å²) in [6.45, 7) is -0.860. The zero-order chi connectivity index (χ0) is 29.2. The van der Waals surface area contributed by atoms with Crippen LogP contribution in [-0.2, 0) is 36.8 Å². The number of aromatic amines is 1. The maximum absolute atomic E-state index is 13.3. The molecule has 0 aliphatic heterocycles. The minimum atomic E-state index is -1.54. The van der Waals surface area contributed by atoms with Gasteiger partial charge < -0.3 is 42.0 Å². The molecule has 4 unspecified atom stereocenters. The summed E-state index contributed by atoms with van der Waals surface area (Å²) in [5.74, 6) is -5.33. The highest BCUT2D eigenvalue weighted by atomic mass is 16.4. The average molecular weight is 554 g/mol. The van der Waals surface area contributed by atoms with Crippen LogP contribution in [0, 0.1) is 0 Å². The molecule has 0 radical (unpaired) electrons. The normalized spacial score (nSPS) is 13.9. The van der Waals surface area contributed by atoms with E-state index < -0.39 is 66.9 Å². The van der Waals surface area contributed by atoms with E-state index in [1.54, 1.807) is 48.7 Å². The number of fused-ring (bicyclic) bond motifs is 1. The molecule has 0 bridgehead atoms. The van der Waals surface area contributed by atoms with Crippen LogP contribution >= 0.6 is 0 Å². The zero-order valence-electron chi connectivity index (χ0n) is 21.4. The Morgan fingerprint density at radius 3 is 2.02 bits per heavy atom. The fourth-order valence-electron chi connectivity index (χ4n) is 4.08. The molecular weight excluding hydrogens is 522 g/mol. The summed E-state index contributed by atoms with van der Waals surface area (Å²) in [4.78, 5) is 64.5. The van der Waals surface area contributed by atoms with E-state index in [1.165, 1.54) is 0 Å². The van der Waals surface area contributed by atoms with E-state index in [-0.39, 0.29) is 12.8 Å². The molecule has 212 valence electrons. The average Bonchev–Trinajstić information content (AvgIpc) is 3.33. The van der Waals surface area contributed by atoms with Gasteiger partial charge in [0, 0.05) is 29.9 Å². The molecule has 13 nitrogen and oxygen atoms in total. The number of carbonyl (C=O) groups excluding carboxylic acids is 3. The second kappa shape index (κ2) is 13.9. The van der Waals surface area contributed by atoms with Crippen molar-refractivity contribution >= 4 is 40.6 Å². The van der Waals surface area contributed by atoms with E-state index in [4.69, 9.17) is 10.8 Å². The third-order valence-electron chi connectivity index (χ3n) is 6.18. The SMILES string of the molecule is NC(CC(=O)O)C(=O)NC(Cc1c[nH]c2ccccc12)C(=O)NC(CO)C(=O)NC(Cc1ccccc1)C(=O)O. The smallest absolute Gasteiger partial charge is 0.326 e. The molecule has 0 spiro atoms. The molecule has 3 amide bonds. The van der Waals surface area contributed by atoms with E-state index in [2.05, 4.69) is 20.9 Å². The highest BCUT2D eigenvalue weighted by molar-refractivity contribution is 5.95. The third-order valence-corrected chi connectivity index (χ3v) is 6.18. The van der Waals surface area contributed by atoms with Crippen LogP contribution in [-0.4, -0.2) is 80.7 Å². The largest absolute Gasteiger partial charge is 0.481 e. The number of carbonyl (C=O) groups is 5. The Morgan fingerprint density at radius 1 is 0.775 bits per heavy atom. The predicted molar refractivity (Wildman–Crippen MR) is 143 cm³/mol. The van der Waals surface area contributed by atoms with Crippen LogP contribution in [0.25, 0.3) is 10.9 Å². The third kappa shape index (κ3) is 8.12. The van der Waals surface area contributed by atoms with Crippen LogP contribution in [0.15, 0.2) is 60.8 Å². The first kappa shape index (κ1) is 29.8. The summed E-state index contributed by atoms with van der Waals surface area (Å²) < 4.78 is 0. The number of aromatic nitrogens is 1. The predicted octanol–water partition coefficient (Wildman–Crippen LogP) is -0.714. The van der Waals surface area contributed by atoms with Gasteiger partial charge in [0.25, 0.3) is 0 Å². The summed E-state index contributed by atoms with van der Waals surface area (Å²) in [6, 6.07) is 10.2. The van der Waals surface area contributed by atoms with Gasteiger partial charge in [-0.25, -0.2) is 4.79 Å². The summed E-state index contributed by atoms with van der Waals surface area (Å²) >= 11 is 0. The number of nitrogens with two attached hydrogens (primary N) is 1. The molecule has 0 fully saturated rings. The molecule has 3 aromatic rings. The number of hydrogen-bond donors (Lipinski definition) is 8. The number of rotatable bonds is 14. The van der Waals surface area contributed by atoms with Crippen molar-refractivity contribution in [1.82, 2.24) is 20.9 Å². The molecule has 3 rings (SSSR count). The second-order valence-electron chi connectivity index (χ2n) is 9.16. The monoisotopic (exact) mass is 553 g/mol. The first-order valence-corrected chi connectivity index (χ1v) is 12.4. The Kier molecular flexibility index (Phi) is 10.3. The number of para-hydroxylation sites is 1. The number of H-pyrrole nitrogens is 1. The number of aliphatic hydroxyl groups is 1. The molecule has 0 saturated carbocycles. The molecule has 13 heteroatoms. The lowest BCUT2D eigenvalue weighted by molar-refractivity contribution is -0.142. The molecular formula is C27H31N5O8.